The Balaban J connectivity index is 2.28. The van der Waals surface area contributed by atoms with Gasteiger partial charge in [0.25, 0.3) is 0 Å². The molecule has 0 spiro atoms. The molecule has 0 unspecified atom stereocenters. The molecule has 2 rings (SSSR count). The van der Waals surface area contributed by atoms with Crippen molar-refractivity contribution in [2.75, 3.05) is 19.8 Å². The molecule has 0 amide bonds. The van der Waals surface area contributed by atoms with Crippen LogP contribution in [0.2, 0.25) is 0 Å². The van der Waals surface area contributed by atoms with Crippen LogP contribution >= 0.6 is 15.9 Å². The molecule has 1 heterocycles. The zero-order chi connectivity index (χ0) is 11.6. The fraction of sp³-hybridized carbons (Fsp3) is 0.500. The molecule has 0 aromatic heterocycles. The van der Waals surface area contributed by atoms with Crippen LogP contribution in [0.4, 0.5) is 0 Å². The van der Waals surface area contributed by atoms with Crippen LogP contribution in [-0.2, 0) is 15.3 Å². The maximum Gasteiger partial charge on any atom is 0.207 e. The number of hydrogen-bond acceptors (Lipinski definition) is 3. The van der Waals surface area contributed by atoms with Crippen LogP contribution in [-0.4, -0.2) is 19.8 Å². The predicted octanol–water partition coefficient (Wildman–Crippen LogP) is 2.24. The summed E-state index contributed by atoms with van der Waals surface area (Å²) in [4.78, 5) is 0. The zero-order valence-corrected chi connectivity index (χ0v) is 10.9. The van der Waals surface area contributed by atoms with Gasteiger partial charge in [-0.1, -0.05) is 35.0 Å². The largest absolute Gasteiger partial charge is 0.344 e. The molecule has 1 fully saturated rings. The second-order valence-corrected chi connectivity index (χ2v) is 5.11. The monoisotopic (exact) mass is 285 g/mol. The lowest BCUT2D eigenvalue weighted by atomic mass is 10.0. The molecule has 0 saturated carbocycles. The van der Waals surface area contributed by atoms with Crippen LogP contribution in [0.3, 0.4) is 0 Å². The molecule has 4 heteroatoms. The van der Waals surface area contributed by atoms with Gasteiger partial charge in [-0.15, -0.1) is 0 Å². The van der Waals surface area contributed by atoms with Gasteiger partial charge in [-0.3, -0.25) is 0 Å². The minimum absolute atomic E-state index is 0.330. The molecular formula is C12H16BrNO2. The Hall–Kier alpha value is -0.420. The van der Waals surface area contributed by atoms with Gasteiger partial charge in [-0.25, -0.2) is 0 Å². The molecule has 1 saturated heterocycles. The summed E-state index contributed by atoms with van der Waals surface area (Å²) in [5, 5.41) is 0. The first-order valence-electron chi connectivity index (χ1n) is 5.40. The third-order valence-corrected chi connectivity index (χ3v) is 3.23. The number of halogens is 1. The molecule has 16 heavy (non-hydrogen) atoms. The Morgan fingerprint density at radius 1 is 1.44 bits per heavy atom. The summed E-state index contributed by atoms with van der Waals surface area (Å²) in [6.07, 6.45) is 0. The molecular weight excluding hydrogens is 270 g/mol. The van der Waals surface area contributed by atoms with Gasteiger partial charge >= 0.3 is 0 Å². The Labute approximate surface area is 104 Å². The third kappa shape index (κ3) is 2.30. The van der Waals surface area contributed by atoms with E-state index in [0.717, 1.165) is 10.0 Å². The molecule has 88 valence electrons. The maximum absolute atomic E-state index is 5.80. The summed E-state index contributed by atoms with van der Waals surface area (Å²) < 4.78 is 12.6. The summed E-state index contributed by atoms with van der Waals surface area (Å²) in [6, 6.07) is 7.90. The summed E-state index contributed by atoms with van der Waals surface area (Å²) in [6.45, 7) is 3.80. The second kappa shape index (κ2) is 4.84. The van der Waals surface area contributed by atoms with E-state index in [-0.39, 0.29) is 0 Å². The fourth-order valence-electron chi connectivity index (χ4n) is 1.77. The first-order valence-corrected chi connectivity index (χ1v) is 6.19. The molecule has 1 aromatic rings. The van der Waals surface area contributed by atoms with E-state index < -0.39 is 5.79 Å². The summed E-state index contributed by atoms with van der Waals surface area (Å²) in [7, 11) is 0. The molecule has 1 aliphatic rings. The van der Waals surface area contributed by atoms with Gasteiger partial charge in [0.05, 0.1) is 19.8 Å². The fourth-order valence-corrected chi connectivity index (χ4v) is 2.17. The van der Waals surface area contributed by atoms with E-state index in [9.17, 15) is 0 Å². The van der Waals surface area contributed by atoms with Crippen LogP contribution in [0.25, 0.3) is 0 Å². The number of benzene rings is 1. The van der Waals surface area contributed by atoms with Crippen molar-refractivity contribution in [2.45, 2.75) is 12.7 Å². The molecule has 0 aliphatic carbocycles. The lowest BCUT2D eigenvalue weighted by Gasteiger charge is -2.39. The van der Waals surface area contributed by atoms with Gasteiger partial charge in [0.15, 0.2) is 0 Å². The van der Waals surface area contributed by atoms with E-state index in [1.807, 2.05) is 24.3 Å². The quantitative estimate of drug-likeness (QED) is 0.907. The molecule has 0 atom stereocenters. The number of nitrogens with two attached hydrogens (primary N) is 1. The van der Waals surface area contributed by atoms with Gasteiger partial charge < -0.3 is 15.2 Å². The number of ether oxygens (including phenoxy) is 2. The van der Waals surface area contributed by atoms with E-state index in [1.54, 1.807) is 0 Å². The number of hydrogen-bond donors (Lipinski definition) is 1. The Morgan fingerprint density at radius 3 is 2.69 bits per heavy atom. The molecule has 0 bridgehead atoms. The molecule has 2 N–H and O–H groups in total. The first kappa shape index (κ1) is 12.0. The lowest BCUT2D eigenvalue weighted by molar-refractivity contribution is -0.284. The third-order valence-electron chi connectivity index (χ3n) is 2.74. The van der Waals surface area contributed by atoms with Crippen LogP contribution in [0.1, 0.15) is 12.5 Å². The maximum atomic E-state index is 5.80. The van der Waals surface area contributed by atoms with E-state index in [4.69, 9.17) is 15.2 Å². The predicted molar refractivity (Wildman–Crippen MR) is 65.9 cm³/mol. The summed E-state index contributed by atoms with van der Waals surface area (Å²) >= 11 is 3.44. The van der Waals surface area contributed by atoms with Gasteiger partial charge in [0.1, 0.15) is 0 Å². The van der Waals surface area contributed by atoms with E-state index in [1.165, 1.54) is 0 Å². The Bertz CT molecular complexity index is 362. The van der Waals surface area contributed by atoms with Gasteiger partial charge in [-0.05, 0) is 12.1 Å². The topological polar surface area (TPSA) is 44.5 Å². The minimum atomic E-state index is -0.768. The van der Waals surface area contributed by atoms with Crippen molar-refractivity contribution in [2.24, 2.45) is 11.7 Å². The SMILES string of the molecule is CC1COC(CN)(c2cccc(Br)c2)OC1. The number of rotatable bonds is 2. The average Bonchev–Trinajstić information content (AvgIpc) is 2.31. The summed E-state index contributed by atoms with van der Waals surface area (Å²) in [5.41, 5.74) is 6.77. The van der Waals surface area contributed by atoms with Crippen molar-refractivity contribution >= 4 is 15.9 Å². The standard InChI is InChI=1S/C12H16BrNO2/c1-9-6-15-12(8-14,16-7-9)10-3-2-4-11(13)5-10/h2-5,9H,6-8,14H2,1H3. The van der Waals surface area contributed by atoms with Gasteiger partial charge in [-0.2, -0.15) is 0 Å². The first-order chi connectivity index (χ1) is 7.66. The highest BCUT2D eigenvalue weighted by Crippen LogP contribution is 2.32. The normalized spacial score (nSPS) is 30.3. The van der Waals surface area contributed by atoms with Crippen molar-refractivity contribution in [3.63, 3.8) is 0 Å². The smallest absolute Gasteiger partial charge is 0.207 e. The summed E-state index contributed by atoms with van der Waals surface area (Å²) in [5.74, 6) is -0.345. The van der Waals surface area contributed by atoms with Crippen LogP contribution < -0.4 is 5.73 Å². The van der Waals surface area contributed by atoms with E-state index in [0.29, 0.717) is 25.7 Å². The highest BCUT2D eigenvalue weighted by molar-refractivity contribution is 9.10. The average molecular weight is 286 g/mol. The highest BCUT2D eigenvalue weighted by atomic mass is 79.9. The van der Waals surface area contributed by atoms with Crippen molar-refractivity contribution in [1.29, 1.82) is 0 Å². The lowest BCUT2D eigenvalue weighted by Crippen LogP contribution is -2.46. The second-order valence-electron chi connectivity index (χ2n) is 4.19. The van der Waals surface area contributed by atoms with Crippen molar-refractivity contribution in [1.82, 2.24) is 0 Å². The highest BCUT2D eigenvalue weighted by Gasteiger charge is 2.37. The Kier molecular flexibility index (Phi) is 3.64. The molecule has 1 aromatic carbocycles. The molecule has 1 aliphatic heterocycles. The van der Waals surface area contributed by atoms with Crippen molar-refractivity contribution in [3.8, 4) is 0 Å². The van der Waals surface area contributed by atoms with Crippen molar-refractivity contribution in [3.05, 3.63) is 34.3 Å². The van der Waals surface area contributed by atoms with E-state index >= 15 is 0 Å². The van der Waals surface area contributed by atoms with Crippen LogP contribution in [0, 0.1) is 5.92 Å². The van der Waals surface area contributed by atoms with Gasteiger partial charge in [0.2, 0.25) is 5.79 Å². The van der Waals surface area contributed by atoms with Crippen LogP contribution in [0.5, 0.6) is 0 Å². The Morgan fingerprint density at radius 2 is 2.12 bits per heavy atom. The molecule has 3 nitrogen and oxygen atoms in total. The van der Waals surface area contributed by atoms with Crippen LogP contribution in [0.15, 0.2) is 28.7 Å². The van der Waals surface area contributed by atoms with E-state index in [2.05, 4.69) is 22.9 Å². The molecule has 0 radical (unpaired) electrons. The van der Waals surface area contributed by atoms with Gasteiger partial charge in [0, 0.05) is 16.0 Å². The zero-order valence-electron chi connectivity index (χ0n) is 9.28. The van der Waals surface area contributed by atoms with Crippen molar-refractivity contribution < 1.29 is 9.47 Å². The minimum Gasteiger partial charge on any atom is -0.344 e.